The van der Waals surface area contributed by atoms with Gasteiger partial charge in [-0.2, -0.15) is 0 Å². The number of carbonyl (C=O) groups is 1. The number of nitrogens with one attached hydrogen (secondary N) is 2. The van der Waals surface area contributed by atoms with Gasteiger partial charge in [-0.1, -0.05) is 61.2 Å². The van der Waals surface area contributed by atoms with Gasteiger partial charge in [0.05, 0.1) is 18.1 Å². The standard InChI is InChI=1S/C31H27N5O/c1-20-10-13-27(35-21(2)24-12-11-23-7-3-4-8-25(23)16-24)17-29(20)31(37)36-28-18-33-30(34-19-28)15-22-6-5-9-26(32)14-22/h3-14,16-19,35H,2,15,32H2,1H3,(H,36,37). The number of benzene rings is 4. The minimum absolute atomic E-state index is 0.232. The second kappa shape index (κ2) is 10.3. The van der Waals surface area contributed by atoms with Crippen LogP contribution in [0.3, 0.4) is 0 Å². The molecule has 4 N–H and O–H groups in total. The highest BCUT2D eigenvalue weighted by Crippen LogP contribution is 2.24. The van der Waals surface area contributed by atoms with E-state index in [0.29, 0.717) is 29.2 Å². The maximum Gasteiger partial charge on any atom is 0.256 e. The largest absolute Gasteiger partial charge is 0.399 e. The van der Waals surface area contributed by atoms with Crippen LogP contribution in [-0.2, 0) is 6.42 Å². The second-order valence-corrected chi connectivity index (χ2v) is 8.96. The molecule has 0 spiro atoms. The summed E-state index contributed by atoms with van der Waals surface area (Å²) in [5, 5.41) is 8.56. The molecule has 6 nitrogen and oxygen atoms in total. The van der Waals surface area contributed by atoms with Crippen LogP contribution in [0.25, 0.3) is 16.5 Å². The first-order valence-corrected chi connectivity index (χ1v) is 12.0. The molecule has 0 aliphatic rings. The zero-order valence-electron chi connectivity index (χ0n) is 20.5. The molecule has 0 unspecified atom stereocenters. The van der Waals surface area contributed by atoms with Crippen molar-refractivity contribution in [2.24, 2.45) is 0 Å². The minimum Gasteiger partial charge on any atom is -0.399 e. The molecule has 1 amide bonds. The number of aryl methyl sites for hydroxylation is 1. The summed E-state index contributed by atoms with van der Waals surface area (Å²) in [6.07, 6.45) is 3.80. The molecule has 0 saturated heterocycles. The Morgan fingerprint density at radius 3 is 2.41 bits per heavy atom. The molecular formula is C31H27N5O. The molecule has 0 bridgehead atoms. The number of hydrogen-bond acceptors (Lipinski definition) is 5. The summed E-state index contributed by atoms with van der Waals surface area (Å²) >= 11 is 0. The lowest BCUT2D eigenvalue weighted by Gasteiger charge is -2.14. The van der Waals surface area contributed by atoms with Crippen LogP contribution in [0.5, 0.6) is 0 Å². The summed E-state index contributed by atoms with van der Waals surface area (Å²) in [7, 11) is 0. The Bertz CT molecular complexity index is 1610. The van der Waals surface area contributed by atoms with Crippen LogP contribution in [0.15, 0.2) is 104 Å². The second-order valence-electron chi connectivity index (χ2n) is 8.96. The predicted molar refractivity (Wildman–Crippen MR) is 151 cm³/mol. The maximum atomic E-state index is 13.1. The van der Waals surface area contributed by atoms with E-state index in [1.165, 1.54) is 5.39 Å². The van der Waals surface area contributed by atoms with Crippen LogP contribution >= 0.6 is 0 Å². The fourth-order valence-corrected chi connectivity index (χ4v) is 4.16. The molecule has 0 aliphatic heterocycles. The maximum absolute atomic E-state index is 13.1. The molecule has 4 aromatic carbocycles. The summed E-state index contributed by atoms with van der Waals surface area (Å²) in [5.74, 6) is 0.419. The van der Waals surface area contributed by atoms with E-state index in [1.807, 2.05) is 67.6 Å². The van der Waals surface area contributed by atoms with Crippen LogP contribution in [-0.4, -0.2) is 15.9 Å². The summed E-state index contributed by atoms with van der Waals surface area (Å²) < 4.78 is 0. The molecule has 37 heavy (non-hydrogen) atoms. The van der Waals surface area contributed by atoms with Crippen molar-refractivity contribution in [2.75, 3.05) is 16.4 Å². The van der Waals surface area contributed by atoms with E-state index < -0.39 is 0 Å². The third kappa shape index (κ3) is 5.65. The molecule has 0 saturated carbocycles. The summed E-state index contributed by atoms with van der Waals surface area (Å²) in [5.41, 5.74) is 12.0. The Balaban J connectivity index is 1.27. The van der Waals surface area contributed by atoms with Gasteiger partial charge < -0.3 is 16.4 Å². The Kier molecular flexibility index (Phi) is 6.64. The molecule has 182 valence electrons. The third-order valence-corrected chi connectivity index (χ3v) is 6.15. The number of rotatable bonds is 7. The van der Waals surface area contributed by atoms with E-state index in [4.69, 9.17) is 5.73 Å². The molecule has 1 heterocycles. The lowest BCUT2D eigenvalue weighted by atomic mass is 10.0. The first-order valence-electron chi connectivity index (χ1n) is 12.0. The van der Waals surface area contributed by atoms with E-state index >= 15 is 0 Å². The lowest BCUT2D eigenvalue weighted by molar-refractivity contribution is 0.102. The van der Waals surface area contributed by atoms with Gasteiger partial charge in [0.2, 0.25) is 0 Å². The number of hydrogen-bond donors (Lipinski definition) is 3. The fourth-order valence-electron chi connectivity index (χ4n) is 4.16. The normalized spacial score (nSPS) is 10.7. The first-order chi connectivity index (χ1) is 17.9. The SMILES string of the molecule is C=C(Nc1ccc(C)c(C(=O)Nc2cnc(Cc3cccc(N)c3)nc2)c1)c1ccc2ccccc2c1. The number of fused-ring (bicyclic) bond motifs is 1. The van der Waals surface area contributed by atoms with E-state index in [2.05, 4.69) is 51.4 Å². The zero-order chi connectivity index (χ0) is 25.8. The Morgan fingerprint density at radius 1 is 0.838 bits per heavy atom. The van der Waals surface area contributed by atoms with Crippen molar-refractivity contribution in [3.8, 4) is 0 Å². The van der Waals surface area contributed by atoms with Gasteiger partial charge in [0, 0.05) is 29.1 Å². The molecule has 0 aliphatic carbocycles. The number of aromatic nitrogens is 2. The van der Waals surface area contributed by atoms with Crippen molar-refractivity contribution in [1.82, 2.24) is 9.97 Å². The van der Waals surface area contributed by atoms with Gasteiger partial charge in [-0.25, -0.2) is 9.97 Å². The van der Waals surface area contributed by atoms with Crippen LogP contribution in [0.4, 0.5) is 17.1 Å². The Labute approximate surface area is 215 Å². The highest BCUT2D eigenvalue weighted by molar-refractivity contribution is 6.06. The zero-order valence-corrected chi connectivity index (χ0v) is 20.5. The van der Waals surface area contributed by atoms with Gasteiger partial charge in [0.25, 0.3) is 5.91 Å². The molecule has 6 heteroatoms. The topological polar surface area (TPSA) is 92.9 Å². The lowest BCUT2D eigenvalue weighted by Crippen LogP contribution is -2.14. The molecule has 1 aromatic heterocycles. The van der Waals surface area contributed by atoms with Crippen LogP contribution in [0.1, 0.15) is 32.9 Å². The minimum atomic E-state index is -0.232. The van der Waals surface area contributed by atoms with E-state index in [-0.39, 0.29) is 5.91 Å². The molecule has 0 fully saturated rings. The molecule has 5 aromatic rings. The Morgan fingerprint density at radius 2 is 1.62 bits per heavy atom. The van der Waals surface area contributed by atoms with Crippen LogP contribution in [0.2, 0.25) is 0 Å². The van der Waals surface area contributed by atoms with Crippen molar-refractivity contribution in [2.45, 2.75) is 13.3 Å². The number of nitrogen functional groups attached to an aromatic ring is 1. The average Bonchev–Trinajstić information content (AvgIpc) is 2.90. The highest BCUT2D eigenvalue weighted by Gasteiger charge is 2.12. The van der Waals surface area contributed by atoms with E-state index in [9.17, 15) is 4.79 Å². The van der Waals surface area contributed by atoms with Crippen molar-refractivity contribution in [3.05, 3.63) is 132 Å². The van der Waals surface area contributed by atoms with Gasteiger partial charge in [0.1, 0.15) is 5.82 Å². The third-order valence-electron chi connectivity index (χ3n) is 6.15. The van der Waals surface area contributed by atoms with Crippen LogP contribution < -0.4 is 16.4 Å². The van der Waals surface area contributed by atoms with Gasteiger partial charge in [0.15, 0.2) is 0 Å². The van der Waals surface area contributed by atoms with Gasteiger partial charge in [-0.15, -0.1) is 0 Å². The number of anilines is 3. The number of carbonyl (C=O) groups excluding carboxylic acids is 1. The first kappa shape index (κ1) is 23.8. The van der Waals surface area contributed by atoms with Gasteiger partial charge >= 0.3 is 0 Å². The van der Waals surface area contributed by atoms with E-state index in [0.717, 1.165) is 33.5 Å². The monoisotopic (exact) mass is 485 g/mol. The van der Waals surface area contributed by atoms with Crippen molar-refractivity contribution in [3.63, 3.8) is 0 Å². The molecule has 0 atom stereocenters. The summed E-state index contributed by atoms with van der Waals surface area (Å²) in [4.78, 5) is 21.9. The van der Waals surface area contributed by atoms with Crippen molar-refractivity contribution >= 4 is 39.4 Å². The number of amides is 1. The molecular weight excluding hydrogens is 458 g/mol. The highest BCUT2D eigenvalue weighted by atomic mass is 16.1. The number of nitrogens with zero attached hydrogens (tertiary/aromatic N) is 2. The van der Waals surface area contributed by atoms with Crippen molar-refractivity contribution in [1.29, 1.82) is 0 Å². The summed E-state index contributed by atoms with van der Waals surface area (Å²) in [6.45, 7) is 6.10. The molecule has 0 radical (unpaired) electrons. The van der Waals surface area contributed by atoms with Gasteiger partial charge in [-0.3, -0.25) is 4.79 Å². The fraction of sp³-hybridized carbons (Fsp3) is 0.0645. The quantitative estimate of drug-likeness (QED) is 0.231. The van der Waals surface area contributed by atoms with Crippen molar-refractivity contribution < 1.29 is 4.79 Å². The van der Waals surface area contributed by atoms with E-state index in [1.54, 1.807) is 12.4 Å². The predicted octanol–water partition coefficient (Wildman–Crippen LogP) is 6.45. The Hall–Kier alpha value is -4.97. The summed E-state index contributed by atoms with van der Waals surface area (Å²) in [6, 6.07) is 27.7. The molecule has 5 rings (SSSR count). The number of nitrogens with two attached hydrogens (primary N) is 1. The smallest absolute Gasteiger partial charge is 0.256 e. The average molecular weight is 486 g/mol. The van der Waals surface area contributed by atoms with Crippen LogP contribution in [0, 0.1) is 6.92 Å². The van der Waals surface area contributed by atoms with Gasteiger partial charge in [-0.05, 0) is 64.7 Å².